The van der Waals surface area contributed by atoms with Crippen molar-refractivity contribution in [2.45, 2.75) is 57.8 Å². The lowest BCUT2D eigenvalue weighted by atomic mass is 9.82. The molecule has 690 valence electrons. The van der Waals surface area contributed by atoms with Crippen LogP contribution in [0, 0.1) is 0 Å². The van der Waals surface area contributed by atoms with E-state index < -0.39 is 0 Å². The molecule has 0 saturated carbocycles. The molecular weight excluding hydrogens is 1780 g/mol. The second-order valence-electron chi connectivity index (χ2n) is 42.3. The van der Waals surface area contributed by atoms with Crippen molar-refractivity contribution in [3.05, 3.63) is 494 Å². The van der Waals surface area contributed by atoms with Crippen LogP contribution in [-0.2, 0) is 16.2 Å². The zero-order valence-electron chi connectivity index (χ0n) is 82.0. The maximum atomic E-state index is 5.67. The predicted octanol–water partition coefficient (Wildman–Crippen LogP) is 36.0. The molecule has 3 aliphatic rings. The SMILES string of the molecule is CC1(C)c2ccccc2-c2ccc(-n3c4ccccc4c4cc(-c5ccc6c(c5)c5ccccc5n6-c5ccc(-c6cc(-c7cccc(-n8c9ccccc9c9cc(-c%10ccc%11c(c%10)c%10ccccc%10n%11-c%10ccc%11c(c%10)C(C)(C)c%10ccccc%10-%11)ccc98)c7)nc(-c7ccc(-n8c9ccccc9c9cc(-c%10ccc%11c(c%10)c%10ccccc%10n%11-c%10ccc%11c(c%10)C(C)(C)c%10ccccc%10-%11)ccc98)cc7)n6)cc5)ccc43)cc21. The molecule has 31 rings (SSSR count). The van der Waals surface area contributed by atoms with Gasteiger partial charge in [-0.15, -0.1) is 0 Å². The molecule has 0 unspecified atom stereocenters. The third-order valence-electron chi connectivity index (χ3n) is 33.4. The molecule has 0 amide bonds. The van der Waals surface area contributed by atoms with Gasteiger partial charge in [0.25, 0.3) is 0 Å². The van der Waals surface area contributed by atoms with Gasteiger partial charge in [-0.25, -0.2) is 9.97 Å². The van der Waals surface area contributed by atoms with Gasteiger partial charge in [0.1, 0.15) is 0 Å². The molecule has 0 atom stereocenters. The Morgan fingerprint density at radius 2 is 0.367 bits per heavy atom. The molecule has 8 heteroatoms. The maximum absolute atomic E-state index is 5.67. The predicted molar refractivity (Wildman–Crippen MR) is 613 cm³/mol. The molecule has 28 aromatic rings. The Labute approximate surface area is 849 Å². The van der Waals surface area contributed by atoms with Crippen LogP contribution in [0.3, 0.4) is 0 Å². The van der Waals surface area contributed by atoms with Gasteiger partial charge in [-0.2, -0.15) is 0 Å². The van der Waals surface area contributed by atoms with Gasteiger partial charge in [0, 0.05) is 132 Å². The highest BCUT2D eigenvalue weighted by Crippen LogP contribution is 2.55. The number of hydrogen-bond acceptors (Lipinski definition) is 2. The van der Waals surface area contributed by atoms with Crippen molar-refractivity contribution in [3.63, 3.8) is 0 Å². The summed E-state index contributed by atoms with van der Waals surface area (Å²) in [5.74, 6) is 0.626. The minimum atomic E-state index is -0.122. The molecule has 0 N–H and O–H groups in total. The summed E-state index contributed by atoms with van der Waals surface area (Å²) in [5.41, 5.74) is 47.9. The number of benzene rings is 21. The van der Waals surface area contributed by atoms with Crippen LogP contribution in [0.1, 0.15) is 74.9 Å². The molecule has 7 heterocycles. The average molecular weight is 1880 g/mol. The van der Waals surface area contributed by atoms with Crippen LogP contribution in [0.5, 0.6) is 0 Å². The standard InChI is InChI=1S/C139H94N8/c1-137(2)116-37-16-7-28-98(116)101-63-60-95(79-119(101)137)145-127-43-22-13-34-107(127)113-76-88(53-69-133(113)145)85-50-66-130-110(73-85)104-31-10-19-40-124(104)142(130)92-56-46-83(47-57-92)122-82-123(91-26-25-27-94(72-91)144-126-42-21-12-33-106(126)112-75-87(52-68-132(112)144)90-55-71-135-115(78-90)109-36-15-24-45-129(109)147(135)97-62-65-103-100-30-9-18-39-118(100)139(5,6)121(103)81-97)141-136(140-122)84-48-58-93(59-49-84)143-125-41-20-11-32-105(125)111-74-86(51-67-131(111)143)89-54-70-134-114(77-89)108-35-14-23-44-128(108)146(134)96-61-64-102-99-29-8-17-38-117(99)138(3,4)120(102)80-96/h7-82H,1-6H3. The van der Waals surface area contributed by atoms with E-state index in [2.05, 4.69) is 530 Å². The molecule has 21 aromatic carbocycles. The van der Waals surface area contributed by atoms with Gasteiger partial charge in [-0.1, -0.05) is 302 Å². The zero-order valence-corrected chi connectivity index (χ0v) is 82.0. The van der Waals surface area contributed by atoms with E-state index in [4.69, 9.17) is 9.97 Å². The Morgan fingerprint density at radius 3 is 0.667 bits per heavy atom. The number of hydrogen-bond donors (Lipinski definition) is 0. The van der Waals surface area contributed by atoms with E-state index in [1.807, 2.05) is 0 Å². The Kier molecular flexibility index (Phi) is 17.4. The highest BCUT2D eigenvalue weighted by Gasteiger charge is 2.40. The van der Waals surface area contributed by atoms with Gasteiger partial charge in [0.05, 0.1) is 77.6 Å². The second kappa shape index (κ2) is 30.8. The van der Waals surface area contributed by atoms with E-state index in [1.165, 1.54) is 204 Å². The van der Waals surface area contributed by atoms with E-state index in [1.54, 1.807) is 0 Å². The summed E-state index contributed by atoms with van der Waals surface area (Å²) in [6.45, 7) is 14.2. The van der Waals surface area contributed by atoms with Crippen molar-refractivity contribution in [2.24, 2.45) is 0 Å². The lowest BCUT2D eigenvalue weighted by Crippen LogP contribution is -2.15. The van der Waals surface area contributed by atoms with Crippen molar-refractivity contribution in [1.82, 2.24) is 37.4 Å². The Balaban J connectivity index is 0.503. The highest BCUT2D eigenvalue weighted by atomic mass is 15.0. The number of rotatable bonds is 12. The number of fused-ring (bicyclic) bond motifs is 27. The fraction of sp³-hybridized carbons (Fsp3) is 0.0647. The van der Waals surface area contributed by atoms with Crippen molar-refractivity contribution in [3.8, 4) is 135 Å². The molecule has 0 spiro atoms. The molecule has 0 bridgehead atoms. The summed E-state index contributed by atoms with van der Waals surface area (Å²) in [6.07, 6.45) is 0. The summed E-state index contributed by atoms with van der Waals surface area (Å²) in [7, 11) is 0. The summed E-state index contributed by atoms with van der Waals surface area (Å²) in [6, 6.07) is 173. The average Bonchev–Trinajstić information content (AvgIpc) is 1.57. The van der Waals surface area contributed by atoms with Crippen molar-refractivity contribution < 1.29 is 0 Å². The minimum Gasteiger partial charge on any atom is -0.309 e. The van der Waals surface area contributed by atoms with Crippen LogP contribution in [-0.4, -0.2) is 37.4 Å². The lowest BCUT2D eigenvalue weighted by Gasteiger charge is -2.22. The van der Waals surface area contributed by atoms with Crippen LogP contribution >= 0.6 is 0 Å². The fourth-order valence-corrected chi connectivity index (χ4v) is 26.3. The number of para-hydroxylation sites is 6. The van der Waals surface area contributed by atoms with Crippen molar-refractivity contribution >= 4 is 131 Å². The monoisotopic (exact) mass is 1870 g/mol. The van der Waals surface area contributed by atoms with Gasteiger partial charge in [-0.3, -0.25) is 0 Å². The van der Waals surface area contributed by atoms with Gasteiger partial charge in [0.2, 0.25) is 0 Å². The van der Waals surface area contributed by atoms with E-state index in [-0.39, 0.29) is 16.2 Å². The molecule has 3 aliphatic carbocycles. The summed E-state index contributed by atoms with van der Waals surface area (Å²) in [4.78, 5) is 11.3. The van der Waals surface area contributed by atoms with E-state index in [0.29, 0.717) is 5.82 Å². The quantitative estimate of drug-likeness (QED) is 0.122. The van der Waals surface area contributed by atoms with E-state index in [9.17, 15) is 0 Å². The van der Waals surface area contributed by atoms with Gasteiger partial charge >= 0.3 is 0 Å². The largest absolute Gasteiger partial charge is 0.309 e. The molecule has 147 heavy (non-hydrogen) atoms. The Hall–Kier alpha value is -18.5. The van der Waals surface area contributed by atoms with Crippen molar-refractivity contribution in [1.29, 1.82) is 0 Å². The Bertz CT molecular complexity index is 10200. The first-order valence-electron chi connectivity index (χ1n) is 51.3. The number of aromatic nitrogens is 8. The third kappa shape index (κ3) is 12.1. The molecule has 0 fully saturated rings. The smallest absolute Gasteiger partial charge is 0.160 e. The molecule has 0 radical (unpaired) electrons. The van der Waals surface area contributed by atoms with Gasteiger partial charge in [0.15, 0.2) is 5.82 Å². The molecular formula is C139H94N8. The fourth-order valence-electron chi connectivity index (χ4n) is 26.3. The first kappa shape index (κ1) is 83.2. The molecule has 7 aromatic heterocycles. The summed E-state index contributed by atoms with van der Waals surface area (Å²) >= 11 is 0. The van der Waals surface area contributed by atoms with E-state index in [0.717, 1.165) is 89.4 Å². The molecule has 0 saturated heterocycles. The first-order valence-corrected chi connectivity index (χ1v) is 51.3. The van der Waals surface area contributed by atoms with Gasteiger partial charge < -0.3 is 27.4 Å². The van der Waals surface area contributed by atoms with Gasteiger partial charge in [-0.05, 0) is 300 Å². The normalized spacial score (nSPS) is 13.7. The molecule has 0 aliphatic heterocycles. The lowest BCUT2D eigenvalue weighted by molar-refractivity contribution is 0.660. The second-order valence-corrected chi connectivity index (χ2v) is 42.3. The topological polar surface area (TPSA) is 55.4 Å². The summed E-state index contributed by atoms with van der Waals surface area (Å²) in [5, 5.41) is 14.5. The Morgan fingerprint density at radius 1 is 0.143 bits per heavy atom. The third-order valence-corrected chi connectivity index (χ3v) is 33.4. The highest BCUT2D eigenvalue weighted by molar-refractivity contribution is 6.18. The van der Waals surface area contributed by atoms with Crippen LogP contribution in [0.15, 0.2) is 461 Å². The number of nitrogens with zero attached hydrogens (tertiary/aromatic N) is 8. The van der Waals surface area contributed by atoms with E-state index >= 15 is 0 Å². The van der Waals surface area contributed by atoms with Crippen molar-refractivity contribution in [2.75, 3.05) is 0 Å². The van der Waals surface area contributed by atoms with Crippen LogP contribution in [0.4, 0.5) is 0 Å². The zero-order chi connectivity index (χ0) is 97.3. The molecule has 8 nitrogen and oxygen atoms in total. The first-order chi connectivity index (χ1) is 72.1. The van der Waals surface area contributed by atoms with Crippen LogP contribution in [0.2, 0.25) is 0 Å². The van der Waals surface area contributed by atoms with Crippen LogP contribution in [0.25, 0.3) is 266 Å². The summed E-state index contributed by atoms with van der Waals surface area (Å²) < 4.78 is 14.7. The maximum Gasteiger partial charge on any atom is 0.160 e. The minimum absolute atomic E-state index is 0.118. The van der Waals surface area contributed by atoms with Crippen LogP contribution < -0.4 is 0 Å².